The first kappa shape index (κ1) is 16.1. The summed E-state index contributed by atoms with van der Waals surface area (Å²) in [5, 5.41) is 11.3. The van der Waals surface area contributed by atoms with Crippen LogP contribution in [0, 0.1) is 17.6 Å². The fraction of sp³-hybridized carbons (Fsp3) is 0.429. The Morgan fingerprint density at radius 3 is 2.50 bits per heavy atom. The number of aliphatic carboxylic acids is 1. The molecule has 0 aliphatic heterocycles. The molecule has 2 N–H and O–H groups in total. The summed E-state index contributed by atoms with van der Waals surface area (Å²) < 4.78 is 26.3. The second-order valence-corrected chi connectivity index (χ2v) is 5.00. The first-order valence-electron chi connectivity index (χ1n) is 6.25. The van der Waals surface area contributed by atoms with Gasteiger partial charge in [-0.25, -0.2) is 13.6 Å². The Bertz CT molecular complexity index is 503. The molecule has 0 aliphatic carbocycles. The molecule has 6 heteroatoms. The first-order valence-corrected chi connectivity index (χ1v) is 6.25. The van der Waals surface area contributed by atoms with Crippen LogP contribution in [0.5, 0.6) is 0 Å². The van der Waals surface area contributed by atoms with Gasteiger partial charge in [0.1, 0.15) is 17.7 Å². The average Bonchev–Trinajstić information content (AvgIpc) is 2.32. The Labute approximate surface area is 115 Å². The van der Waals surface area contributed by atoms with Crippen molar-refractivity contribution in [1.29, 1.82) is 0 Å². The fourth-order valence-corrected chi connectivity index (χ4v) is 1.79. The Morgan fingerprint density at radius 2 is 1.95 bits per heavy atom. The summed E-state index contributed by atoms with van der Waals surface area (Å²) >= 11 is 0. The quantitative estimate of drug-likeness (QED) is 0.841. The van der Waals surface area contributed by atoms with E-state index < -0.39 is 36.0 Å². The molecule has 0 aromatic heterocycles. The number of carbonyl (C=O) groups excluding carboxylic acids is 1. The highest BCUT2D eigenvalue weighted by atomic mass is 19.1. The van der Waals surface area contributed by atoms with Gasteiger partial charge >= 0.3 is 5.97 Å². The number of hydrogen-bond acceptors (Lipinski definition) is 2. The fourth-order valence-electron chi connectivity index (χ4n) is 1.79. The topological polar surface area (TPSA) is 66.4 Å². The van der Waals surface area contributed by atoms with E-state index in [2.05, 4.69) is 5.32 Å². The molecule has 4 nitrogen and oxygen atoms in total. The van der Waals surface area contributed by atoms with E-state index in [1.807, 2.05) is 13.8 Å². The second kappa shape index (κ2) is 6.98. The lowest BCUT2D eigenvalue weighted by molar-refractivity contribution is -0.142. The molecule has 0 bridgehead atoms. The van der Waals surface area contributed by atoms with Crippen LogP contribution < -0.4 is 5.32 Å². The van der Waals surface area contributed by atoms with Crippen LogP contribution in [0.3, 0.4) is 0 Å². The standard InChI is InChI=1S/C14H17F2NO3/c1-8(2)5-12(14(19)20)17-13(18)7-9-6-10(15)3-4-11(9)16/h3-4,6,8,12H,5,7H2,1-2H3,(H,17,18)(H,19,20). The van der Waals surface area contributed by atoms with Gasteiger partial charge in [0.05, 0.1) is 6.42 Å². The molecule has 1 rings (SSSR count). The minimum atomic E-state index is -1.15. The molecule has 0 saturated heterocycles. The first-order chi connectivity index (χ1) is 9.29. The Hall–Kier alpha value is -1.98. The Balaban J connectivity index is 2.70. The summed E-state index contributed by atoms with van der Waals surface area (Å²) in [5.74, 6) is -3.06. The number of hydrogen-bond donors (Lipinski definition) is 2. The number of nitrogens with one attached hydrogen (secondary N) is 1. The highest BCUT2D eigenvalue weighted by Crippen LogP contribution is 2.11. The van der Waals surface area contributed by atoms with Gasteiger partial charge in [-0.2, -0.15) is 0 Å². The van der Waals surface area contributed by atoms with Crippen LogP contribution in [0.4, 0.5) is 8.78 Å². The lowest BCUT2D eigenvalue weighted by Crippen LogP contribution is -2.42. The Kier molecular flexibility index (Phi) is 5.61. The van der Waals surface area contributed by atoms with Crippen molar-refractivity contribution >= 4 is 11.9 Å². The molecule has 0 radical (unpaired) electrons. The minimum Gasteiger partial charge on any atom is -0.480 e. The number of rotatable bonds is 6. The van der Waals surface area contributed by atoms with Gasteiger partial charge in [-0.05, 0) is 30.5 Å². The van der Waals surface area contributed by atoms with Gasteiger partial charge in [0.2, 0.25) is 5.91 Å². The third-order valence-corrected chi connectivity index (χ3v) is 2.70. The zero-order valence-corrected chi connectivity index (χ0v) is 11.3. The molecule has 0 aliphatic rings. The van der Waals surface area contributed by atoms with Crippen LogP contribution >= 0.6 is 0 Å². The van der Waals surface area contributed by atoms with Crippen molar-refractivity contribution in [3.05, 3.63) is 35.4 Å². The van der Waals surface area contributed by atoms with E-state index in [-0.39, 0.29) is 17.9 Å². The largest absolute Gasteiger partial charge is 0.480 e. The van der Waals surface area contributed by atoms with Crippen molar-refractivity contribution in [1.82, 2.24) is 5.32 Å². The number of carboxylic acid groups (broad SMARTS) is 1. The van der Waals surface area contributed by atoms with E-state index >= 15 is 0 Å². The van der Waals surface area contributed by atoms with Crippen LogP contribution in [0.15, 0.2) is 18.2 Å². The van der Waals surface area contributed by atoms with Crippen LogP contribution in [0.1, 0.15) is 25.8 Å². The molecular formula is C14H17F2NO3. The summed E-state index contributed by atoms with van der Waals surface area (Å²) in [7, 11) is 0. The van der Waals surface area contributed by atoms with E-state index in [0.29, 0.717) is 0 Å². The predicted molar refractivity (Wildman–Crippen MR) is 69.1 cm³/mol. The van der Waals surface area contributed by atoms with E-state index in [4.69, 9.17) is 5.11 Å². The maximum absolute atomic E-state index is 13.4. The lowest BCUT2D eigenvalue weighted by atomic mass is 10.0. The van der Waals surface area contributed by atoms with E-state index in [0.717, 1.165) is 18.2 Å². The second-order valence-electron chi connectivity index (χ2n) is 5.00. The monoisotopic (exact) mass is 285 g/mol. The van der Waals surface area contributed by atoms with Gasteiger partial charge in [0, 0.05) is 5.56 Å². The smallest absolute Gasteiger partial charge is 0.326 e. The predicted octanol–water partition coefficient (Wildman–Crippen LogP) is 2.12. The van der Waals surface area contributed by atoms with Crippen LogP contribution in [-0.4, -0.2) is 23.0 Å². The molecular weight excluding hydrogens is 268 g/mol. The van der Waals surface area contributed by atoms with Crippen LogP contribution in [0.2, 0.25) is 0 Å². The Morgan fingerprint density at radius 1 is 1.30 bits per heavy atom. The maximum Gasteiger partial charge on any atom is 0.326 e. The summed E-state index contributed by atoms with van der Waals surface area (Å²) in [6, 6.07) is 1.78. The molecule has 1 aromatic rings. The maximum atomic E-state index is 13.4. The average molecular weight is 285 g/mol. The molecule has 20 heavy (non-hydrogen) atoms. The number of halogens is 2. The molecule has 110 valence electrons. The van der Waals surface area contributed by atoms with Gasteiger partial charge in [0.15, 0.2) is 0 Å². The molecule has 1 aromatic carbocycles. The highest BCUT2D eigenvalue weighted by molar-refractivity contribution is 5.84. The van der Waals surface area contributed by atoms with E-state index in [1.54, 1.807) is 0 Å². The highest BCUT2D eigenvalue weighted by Gasteiger charge is 2.21. The van der Waals surface area contributed by atoms with Gasteiger partial charge in [-0.15, -0.1) is 0 Å². The van der Waals surface area contributed by atoms with E-state index in [1.165, 1.54) is 0 Å². The molecule has 1 amide bonds. The molecule has 0 fully saturated rings. The van der Waals surface area contributed by atoms with Gasteiger partial charge in [-0.3, -0.25) is 4.79 Å². The summed E-state index contributed by atoms with van der Waals surface area (Å²) in [4.78, 5) is 22.7. The molecule has 1 atom stereocenters. The van der Waals surface area contributed by atoms with Crippen molar-refractivity contribution in [2.45, 2.75) is 32.7 Å². The minimum absolute atomic E-state index is 0.0855. The number of carbonyl (C=O) groups is 2. The summed E-state index contributed by atoms with van der Waals surface area (Å²) in [6.45, 7) is 3.66. The molecule has 0 spiro atoms. The molecule has 0 heterocycles. The lowest BCUT2D eigenvalue weighted by Gasteiger charge is -2.16. The number of benzene rings is 1. The third-order valence-electron chi connectivity index (χ3n) is 2.70. The summed E-state index contributed by atoms with van der Waals surface area (Å²) in [5.41, 5.74) is -0.101. The van der Waals surface area contributed by atoms with Gasteiger partial charge < -0.3 is 10.4 Å². The SMILES string of the molecule is CC(C)CC(NC(=O)Cc1cc(F)ccc1F)C(=O)O. The van der Waals surface area contributed by atoms with Gasteiger partial charge in [-0.1, -0.05) is 13.8 Å². The zero-order chi connectivity index (χ0) is 15.3. The van der Waals surface area contributed by atoms with Crippen molar-refractivity contribution in [3.8, 4) is 0 Å². The number of carboxylic acids is 1. The molecule has 1 unspecified atom stereocenters. The third kappa shape index (κ3) is 4.95. The van der Waals surface area contributed by atoms with Crippen molar-refractivity contribution in [2.24, 2.45) is 5.92 Å². The molecule has 0 saturated carbocycles. The number of amides is 1. The van der Waals surface area contributed by atoms with Crippen molar-refractivity contribution < 1.29 is 23.5 Å². The summed E-state index contributed by atoms with van der Waals surface area (Å²) in [6.07, 6.45) is -0.127. The van der Waals surface area contributed by atoms with E-state index in [9.17, 15) is 18.4 Å². The van der Waals surface area contributed by atoms with Gasteiger partial charge in [0.25, 0.3) is 0 Å². The van der Waals surface area contributed by atoms with Crippen molar-refractivity contribution in [2.75, 3.05) is 0 Å². The van der Waals surface area contributed by atoms with Crippen molar-refractivity contribution in [3.63, 3.8) is 0 Å². The normalized spacial score (nSPS) is 12.2. The van der Waals surface area contributed by atoms with Crippen LogP contribution in [0.25, 0.3) is 0 Å². The van der Waals surface area contributed by atoms with Crippen LogP contribution in [-0.2, 0) is 16.0 Å². The zero-order valence-electron chi connectivity index (χ0n) is 11.3.